The van der Waals surface area contributed by atoms with E-state index < -0.39 is 0 Å². The van der Waals surface area contributed by atoms with Gasteiger partial charge >= 0.3 is 0 Å². The topological polar surface area (TPSA) is 29.3 Å². The van der Waals surface area contributed by atoms with Crippen molar-refractivity contribution >= 4 is 28.9 Å². The van der Waals surface area contributed by atoms with Crippen LogP contribution in [0.25, 0.3) is 0 Å². The van der Waals surface area contributed by atoms with E-state index in [2.05, 4.69) is 11.8 Å². The van der Waals surface area contributed by atoms with Crippen molar-refractivity contribution in [2.45, 2.75) is 20.0 Å². The van der Waals surface area contributed by atoms with E-state index in [1.54, 1.807) is 0 Å². The van der Waals surface area contributed by atoms with Crippen molar-refractivity contribution in [2.75, 3.05) is 12.3 Å². The number of anilines is 1. The summed E-state index contributed by atoms with van der Waals surface area (Å²) in [5, 5.41) is 1.41. The van der Waals surface area contributed by atoms with Gasteiger partial charge in [0.2, 0.25) is 0 Å². The van der Waals surface area contributed by atoms with Gasteiger partial charge in [-0.3, -0.25) is 4.90 Å². The van der Waals surface area contributed by atoms with E-state index in [1.807, 2.05) is 42.5 Å². The van der Waals surface area contributed by atoms with Gasteiger partial charge in [-0.25, -0.2) is 0 Å². The molecule has 0 bridgehead atoms. The lowest BCUT2D eigenvalue weighted by Crippen LogP contribution is -2.23. The molecule has 0 heterocycles. The van der Waals surface area contributed by atoms with Gasteiger partial charge < -0.3 is 5.73 Å². The predicted octanol–water partition coefficient (Wildman–Crippen LogP) is 4.60. The second kappa shape index (κ2) is 6.98. The summed E-state index contributed by atoms with van der Waals surface area (Å²) in [6.45, 7) is 4.51. The van der Waals surface area contributed by atoms with Crippen molar-refractivity contribution in [1.82, 2.24) is 4.90 Å². The lowest BCUT2D eigenvalue weighted by atomic mass is 10.1. The van der Waals surface area contributed by atoms with E-state index >= 15 is 0 Å². The van der Waals surface area contributed by atoms with E-state index in [0.717, 1.165) is 29.9 Å². The largest absolute Gasteiger partial charge is 0.398 e. The van der Waals surface area contributed by atoms with Crippen molar-refractivity contribution in [3.63, 3.8) is 0 Å². The highest BCUT2D eigenvalue weighted by Gasteiger charge is 2.11. The van der Waals surface area contributed by atoms with Gasteiger partial charge in [-0.05, 0) is 30.3 Å². The van der Waals surface area contributed by atoms with Crippen molar-refractivity contribution in [3.05, 3.63) is 63.6 Å². The highest BCUT2D eigenvalue weighted by atomic mass is 35.5. The summed E-state index contributed by atoms with van der Waals surface area (Å²) in [6, 6.07) is 13.5. The number of nitrogens with two attached hydrogens (primary N) is 1. The molecule has 20 heavy (non-hydrogen) atoms. The quantitative estimate of drug-likeness (QED) is 0.818. The molecule has 0 amide bonds. The lowest BCUT2D eigenvalue weighted by Gasteiger charge is -2.22. The molecule has 0 saturated heterocycles. The molecule has 2 aromatic carbocycles. The van der Waals surface area contributed by atoms with Gasteiger partial charge in [-0.2, -0.15) is 0 Å². The number of nitrogens with zero attached hydrogens (tertiary/aromatic N) is 1. The van der Waals surface area contributed by atoms with Crippen molar-refractivity contribution in [3.8, 4) is 0 Å². The van der Waals surface area contributed by atoms with Crippen LogP contribution in [0.1, 0.15) is 18.1 Å². The number of hydrogen-bond acceptors (Lipinski definition) is 2. The Kier molecular flexibility index (Phi) is 5.30. The SMILES string of the molecule is CCN(Cc1ccccc1N)Cc1c(Cl)cccc1Cl. The highest BCUT2D eigenvalue weighted by Crippen LogP contribution is 2.26. The fourth-order valence-electron chi connectivity index (χ4n) is 2.11. The Morgan fingerprint density at radius 2 is 1.60 bits per heavy atom. The molecule has 2 N–H and O–H groups in total. The standard InChI is InChI=1S/C16H18Cl2N2/c1-2-20(10-12-6-3-4-9-16(12)19)11-13-14(17)7-5-8-15(13)18/h3-9H,2,10-11,19H2,1H3. The van der Waals surface area contributed by atoms with Gasteiger partial charge in [0.25, 0.3) is 0 Å². The van der Waals surface area contributed by atoms with Gasteiger partial charge in [0.05, 0.1) is 0 Å². The third kappa shape index (κ3) is 3.66. The van der Waals surface area contributed by atoms with E-state index in [-0.39, 0.29) is 0 Å². The van der Waals surface area contributed by atoms with Crippen LogP contribution >= 0.6 is 23.2 Å². The minimum absolute atomic E-state index is 0.706. The maximum atomic E-state index is 6.23. The molecule has 4 heteroatoms. The zero-order valence-corrected chi connectivity index (χ0v) is 13.0. The minimum Gasteiger partial charge on any atom is -0.398 e. The van der Waals surface area contributed by atoms with Gasteiger partial charge in [-0.1, -0.05) is 54.4 Å². The molecule has 0 radical (unpaired) electrons. The van der Waals surface area contributed by atoms with E-state index in [4.69, 9.17) is 28.9 Å². The summed E-state index contributed by atoms with van der Waals surface area (Å²) in [6.07, 6.45) is 0. The van der Waals surface area contributed by atoms with Crippen LogP contribution < -0.4 is 5.73 Å². The van der Waals surface area contributed by atoms with Crippen LogP contribution in [-0.4, -0.2) is 11.4 Å². The van der Waals surface area contributed by atoms with Crippen LogP contribution in [0.5, 0.6) is 0 Å². The number of hydrogen-bond donors (Lipinski definition) is 1. The zero-order chi connectivity index (χ0) is 14.5. The molecular weight excluding hydrogens is 291 g/mol. The highest BCUT2D eigenvalue weighted by molar-refractivity contribution is 6.35. The maximum Gasteiger partial charge on any atom is 0.0465 e. The third-order valence-electron chi connectivity index (χ3n) is 3.34. The van der Waals surface area contributed by atoms with Crippen LogP contribution in [0.15, 0.2) is 42.5 Å². The van der Waals surface area contributed by atoms with Crippen LogP contribution in [0, 0.1) is 0 Å². The third-order valence-corrected chi connectivity index (χ3v) is 4.05. The Balaban J connectivity index is 2.16. The molecule has 106 valence electrons. The summed E-state index contributed by atoms with van der Waals surface area (Å²) in [5.41, 5.74) is 8.90. The number of nitrogen functional groups attached to an aromatic ring is 1. The fourth-order valence-corrected chi connectivity index (χ4v) is 2.62. The monoisotopic (exact) mass is 308 g/mol. The number of benzene rings is 2. The number of halogens is 2. The predicted molar refractivity (Wildman–Crippen MR) is 87.1 cm³/mol. The molecule has 0 aliphatic rings. The second-order valence-electron chi connectivity index (χ2n) is 4.70. The van der Waals surface area contributed by atoms with E-state index in [0.29, 0.717) is 16.6 Å². The van der Waals surface area contributed by atoms with E-state index in [9.17, 15) is 0 Å². The molecule has 0 fully saturated rings. The Morgan fingerprint density at radius 3 is 2.20 bits per heavy atom. The van der Waals surface area contributed by atoms with Gasteiger partial charge in [0, 0.05) is 34.4 Å². The molecule has 0 aliphatic heterocycles. The molecule has 0 aromatic heterocycles. The Hall–Kier alpha value is -1.22. The first-order valence-corrected chi connectivity index (χ1v) is 7.36. The van der Waals surface area contributed by atoms with Crippen LogP contribution in [0.3, 0.4) is 0 Å². The summed E-state index contributed by atoms with van der Waals surface area (Å²) in [4.78, 5) is 2.26. The second-order valence-corrected chi connectivity index (χ2v) is 5.52. The number of rotatable bonds is 5. The van der Waals surface area contributed by atoms with Crippen LogP contribution in [0.4, 0.5) is 5.69 Å². The van der Waals surface area contributed by atoms with Crippen molar-refractivity contribution in [1.29, 1.82) is 0 Å². The molecule has 0 unspecified atom stereocenters. The van der Waals surface area contributed by atoms with Crippen molar-refractivity contribution < 1.29 is 0 Å². The average Bonchev–Trinajstić information content (AvgIpc) is 2.44. The normalized spacial score (nSPS) is 11.0. The fraction of sp³-hybridized carbons (Fsp3) is 0.250. The first-order valence-electron chi connectivity index (χ1n) is 6.60. The molecular formula is C16H18Cl2N2. The smallest absolute Gasteiger partial charge is 0.0465 e. The molecule has 2 rings (SSSR count). The summed E-state index contributed by atoms with van der Waals surface area (Å²) >= 11 is 12.5. The van der Waals surface area contributed by atoms with E-state index in [1.165, 1.54) is 0 Å². The molecule has 0 aliphatic carbocycles. The minimum atomic E-state index is 0.706. The maximum absolute atomic E-state index is 6.23. The summed E-state index contributed by atoms with van der Waals surface area (Å²) in [7, 11) is 0. The Labute approximate surface area is 130 Å². The first kappa shape index (κ1) is 15.2. The average molecular weight is 309 g/mol. The zero-order valence-electron chi connectivity index (χ0n) is 11.4. The van der Waals surface area contributed by atoms with Crippen LogP contribution in [0.2, 0.25) is 10.0 Å². The molecule has 2 nitrogen and oxygen atoms in total. The summed E-state index contributed by atoms with van der Waals surface area (Å²) < 4.78 is 0. The molecule has 0 atom stereocenters. The molecule has 0 spiro atoms. The van der Waals surface area contributed by atoms with Crippen molar-refractivity contribution in [2.24, 2.45) is 0 Å². The molecule has 0 saturated carbocycles. The molecule has 2 aromatic rings. The lowest BCUT2D eigenvalue weighted by molar-refractivity contribution is 0.272. The number of para-hydroxylation sites is 1. The first-order chi connectivity index (χ1) is 9.61. The van der Waals surface area contributed by atoms with Gasteiger partial charge in [0.15, 0.2) is 0 Å². The van der Waals surface area contributed by atoms with Crippen LogP contribution in [-0.2, 0) is 13.1 Å². The Bertz CT molecular complexity index is 564. The Morgan fingerprint density at radius 1 is 0.950 bits per heavy atom. The van der Waals surface area contributed by atoms with Gasteiger partial charge in [-0.15, -0.1) is 0 Å². The summed E-state index contributed by atoms with van der Waals surface area (Å²) in [5.74, 6) is 0. The van der Waals surface area contributed by atoms with Gasteiger partial charge in [0.1, 0.15) is 0 Å².